The third-order valence-corrected chi connectivity index (χ3v) is 2.15. The summed E-state index contributed by atoms with van der Waals surface area (Å²) in [6.45, 7) is 1.64. The summed E-state index contributed by atoms with van der Waals surface area (Å²) < 4.78 is 0. The summed E-state index contributed by atoms with van der Waals surface area (Å²) in [5.74, 6) is -0.684. The number of hydrogen-bond acceptors (Lipinski definition) is 4. The highest BCUT2D eigenvalue weighted by Crippen LogP contribution is 2.12. The number of halogens is 1. The standard InChI is InChI=1S/C11H10ClN3O2/c1-2-9(16)8(5-13)11(17)15-10-4-3-7(12)6-14-10/h3-4,6,16H,2H2,1H3,(H,14,15,17). The summed E-state index contributed by atoms with van der Waals surface area (Å²) in [7, 11) is 0. The molecule has 0 aromatic carbocycles. The number of anilines is 1. The van der Waals surface area contributed by atoms with E-state index in [9.17, 15) is 9.90 Å². The molecule has 0 aliphatic rings. The minimum Gasteiger partial charge on any atom is -0.511 e. The SMILES string of the molecule is CCC(O)=C(C#N)C(=O)Nc1ccc(Cl)cn1. The van der Waals surface area contributed by atoms with Crippen molar-refractivity contribution in [3.63, 3.8) is 0 Å². The summed E-state index contributed by atoms with van der Waals surface area (Å²) in [4.78, 5) is 15.4. The highest BCUT2D eigenvalue weighted by molar-refractivity contribution is 6.30. The molecule has 1 aromatic heterocycles. The number of aromatic nitrogens is 1. The lowest BCUT2D eigenvalue weighted by atomic mass is 10.2. The summed E-state index contributed by atoms with van der Waals surface area (Å²) in [5.41, 5.74) is -0.316. The van der Waals surface area contributed by atoms with Crippen molar-refractivity contribution in [2.24, 2.45) is 0 Å². The molecule has 1 aromatic rings. The van der Waals surface area contributed by atoms with Gasteiger partial charge in [0.1, 0.15) is 17.6 Å². The van der Waals surface area contributed by atoms with E-state index in [0.717, 1.165) is 0 Å². The first kappa shape index (κ1) is 13.0. The van der Waals surface area contributed by atoms with E-state index in [0.29, 0.717) is 5.02 Å². The Hall–Kier alpha value is -2.06. The van der Waals surface area contributed by atoms with Crippen LogP contribution in [-0.4, -0.2) is 16.0 Å². The minimum absolute atomic E-state index is 0.213. The zero-order valence-corrected chi connectivity index (χ0v) is 9.82. The molecule has 88 valence electrons. The first-order valence-electron chi connectivity index (χ1n) is 4.83. The maximum Gasteiger partial charge on any atom is 0.270 e. The molecule has 0 bridgehead atoms. The number of nitrogens with zero attached hydrogens (tertiary/aromatic N) is 2. The number of carbonyl (C=O) groups excluding carboxylic acids is 1. The van der Waals surface area contributed by atoms with Gasteiger partial charge in [-0.3, -0.25) is 4.79 Å². The fraction of sp³-hybridized carbons (Fsp3) is 0.182. The van der Waals surface area contributed by atoms with Crippen LogP contribution < -0.4 is 5.32 Å². The number of pyridine rings is 1. The van der Waals surface area contributed by atoms with E-state index < -0.39 is 5.91 Å². The van der Waals surface area contributed by atoms with E-state index in [2.05, 4.69) is 10.3 Å². The van der Waals surface area contributed by atoms with Gasteiger partial charge in [0.25, 0.3) is 5.91 Å². The zero-order valence-electron chi connectivity index (χ0n) is 9.07. The summed E-state index contributed by atoms with van der Waals surface area (Å²) in [6.07, 6.45) is 1.58. The van der Waals surface area contributed by atoms with Gasteiger partial charge in [-0.1, -0.05) is 18.5 Å². The van der Waals surface area contributed by atoms with Crippen LogP contribution in [0.15, 0.2) is 29.7 Å². The van der Waals surface area contributed by atoms with Crippen LogP contribution in [0.5, 0.6) is 0 Å². The number of rotatable bonds is 3. The number of nitriles is 1. The smallest absolute Gasteiger partial charge is 0.270 e. The van der Waals surface area contributed by atoms with Gasteiger partial charge in [0, 0.05) is 12.6 Å². The van der Waals surface area contributed by atoms with E-state index in [1.807, 2.05) is 0 Å². The molecule has 0 atom stereocenters. The Morgan fingerprint density at radius 3 is 2.82 bits per heavy atom. The molecule has 1 amide bonds. The van der Waals surface area contributed by atoms with Crippen LogP contribution in [0.2, 0.25) is 5.02 Å². The molecule has 1 heterocycles. The zero-order chi connectivity index (χ0) is 12.8. The molecular formula is C11H10ClN3O2. The molecule has 0 aliphatic carbocycles. The van der Waals surface area contributed by atoms with Crippen molar-refractivity contribution in [3.05, 3.63) is 34.7 Å². The Balaban J connectivity index is 2.86. The minimum atomic E-state index is -0.693. The largest absolute Gasteiger partial charge is 0.511 e. The van der Waals surface area contributed by atoms with Crippen LogP contribution in [0, 0.1) is 11.3 Å². The molecule has 0 saturated heterocycles. The fourth-order valence-electron chi connectivity index (χ4n) is 1.05. The molecule has 2 N–H and O–H groups in total. The molecule has 0 aliphatic heterocycles. The highest BCUT2D eigenvalue weighted by Gasteiger charge is 2.14. The number of amides is 1. The number of carbonyl (C=O) groups is 1. The molecule has 0 radical (unpaired) electrons. The lowest BCUT2D eigenvalue weighted by molar-refractivity contribution is -0.112. The van der Waals surface area contributed by atoms with Crippen LogP contribution in [0.4, 0.5) is 5.82 Å². The third kappa shape index (κ3) is 3.47. The fourth-order valence-corrected chi connectivity index (χ4v) is 1.16. The van der Waals surface area contributed by atoms with Crippen molar-refractivity contribution < 1.29 is 9.90 Å². The highest BCUT2D eigenvalue weighted by atomic mass is 35.5. The maximum absolute atomic E-state index is 11.6. The monoisotopic (exact) mass is 251 g/mol. The second-order valence-electron chi connectivity index (χ2n) is 3.10. The van der Waals surface area contributed by atoms with Gasteiger partial charge in [0.05, 0.1) is 5.02 Å². The Morgan fingerprint density at radius 1 is 1.65 bits per heavy atom. The quantitative estimate of drug-likeness (QED) is 0.491. The Bertz CT molecular complexity index is 488. The van der Waals surface area contributed by atoms with Crippen LogP contribution in [0.1, 0.15) is 13.3 Å². The van der Waals surface area contributed by atoms with Crippen LogP contribution in [0.25, 0.3) is 0 Å². The second-order valence-corrected chi connectivity index (χ2v) is 3.54. The lowest BCUT2D eigenvalue weighted by Gasteiger charge is -2.04. The molecule has 6 heteroatoms. The van der Waals surface area contributed by atoms with Crippen molar-refractivity contribution in [2.75, 3.05) is 5.32 Å². The van der Waals surface area contributed by atoms with E-state index in [4.69, 9.17) is 16.9 Å². The molecule has 5 nitrogen and oxygen atoms in total. The summed E-state index contributed by atoms with van der Waals surface area (Å²) in [5, 5.41) is 20.9. The van der Waals surface area contributed by atoms with E-state index >= 15 is 0 Å². The van der Waals surface area contributed by atoms with E-state index in [-0.39, 0.29) is 23.6 Å². The third-order valence-electron chi connectivity index (χ3n) is 1.93. The summed E-state index contributed by atoms with van der Waals surface area (Å²) >= 11 is 5.63. The van der Waals surface area contributed by atoms with Crippen molar-refractivity contribution in [1.29, 1.82) is 5.26 Å². The van der Waals surface area contributed by atoms with E-state index in [1.54, 1.807) is 19.1 Å². The number of aliphatic hydroxyl groups excluding tert-OH is 1. The van der Waals surface area contributed by atoms with Crippen LogP contribution in [0.3, 0.4) is 0 Å². The predicted octanol–water partition coefficient (Wildman–Crippen LogP) is 2.42. The Morgan fingerprint density at radius 2 is 2.35 bits per heavy atom. The van der Waals surface area contributed by atoms with Crippen molar-refractivity contribution >= 4 is 23.3 Å². The Kier molecular flexibility index (Phi) is 4.49. The van der Waals surface area contributed by atoms with Gasteiger partial charge >= 0.3 is 0 Å². The van der Waals surface area contributed by atoms with Crippen LogP contribution >= 0.6 is 11.6 Å². The van der Waals surface area contributed by atoms with Gasteiger partial charge in [-0.05, 0) is 12.1 Å². The van der Waals surface area contributed by atoms with Gasteiger partial charge in [-0.15, -0.1) is 0 Å². The van der Waals surface area contributed by atoms with Gasteiger partial charge in [0.15, 0.2) is 5.57 Å². The number of nitrogens with one attached hydrogen (secondary N) is 1. The first-order chi connectivity index (χ1) is 8.08. The Labute approximate surface area is 103 Å². The van der Waals surface area contributed by atoms with Gasteiger partial charge in [-0.2, -0.15) is 5.26 Å². The number of hydrogen-bond donors (Lipinski definition) is 2. The topological polar surface area (TPSA) is 86.0 Å². The molecular weight excluding hydrogens is 242 g/mol. The second kappa shape index (κ2) is 5.87. The van der Waals surface area contributed by atoms with Crippen LogP contribution in [-0.2, 0) is 4.79 Å². The predicted molar refractivity (Wildman–Crippen MR) is 63.4 cm³/mol. The normalized spacial score (nSPS) is 11.4. The molecule has 17 heavy (non-hydrogen) atoms. The van der Waals surface area contributed by atoms with E-state index in [1.165, 1.54) is 12.3 Å². The summed E-state index contributed by atoms with van der Waals surface area (Å²) in [6, 6.07) is 4.70. The van der Waals surface area contributed by atoms with Gasteiger partial charge in [0.2, 0.25) is 0 Å². The average Bonchev–Trinajstić information content (AvgIpc) is 2.32. The molecule has 0 fully saturated rings. The molecule has 0 unspecified atom stereocenters. The molecule has 1 rings (SSSR count). The lowest BCUT2D eigenvalue weighted by Crippen LogP contribution is -2.16. The van der Waals surface area contributed by atoms with Crippen molar-refractivity contribution in [2.45, 2.75) is 13.3 Å². The number of allylic oxidation sites excluding steroid dienone is 1. The van der Waals surface area contributed by atoms with Gasteiger partial charge < -0.3 is 10.4 Å². The maximum atomic E-state index is 11.6. The molecule has 0 spiro atoms. The van der Waals surface area contributed by atoms with Crippen molar-refractivity contribution in [1.82, 2.24) is 4.98 Å². The first-order valence-corrected chi connectivity index (χ1v) is 5.21. The van der Waals surface area contributed by atoms with Crippen molar-refractivity contribution in [3.8, 4) is 6.07 Å². The molecule has 0 saturated carbocycles. The average molecular weight is 252 g/mol. The number of aliphatic hydroxyl groups is 1. The van der Waals surface area contributed by atoms with Gasteiger partial charge in [-0.25, -0.2) is 4.98 Å².